The van der Waals surface area contributed by atoms with Crippen LogP contribution in [0.15, 0.2) is 35.1 Å². The lowest BCUT2D eigenvalue weighted by molar-refractivity contribution is 0.0946. The normalized spacial score (nSPS) is 10.6. The first-order valence-corrected chi connectivity index (χ1v) is 8.56. The summed E-state index contributed by atoms with van der Waals surface area (Å²) in [5, 5.41) is 8.03. The number of carbonyl (C=O) groups excluding carboxylic acids is 1. The second-order valence-corrected chi connectivity index (χ2v) is 6.29. The van der Waals surface area contributed by atoms with Crippen LogP contribution < -0.4 is 10.9 Å². The highest BCUT2D eigenvalue weighted by atomic mass is 35.5. The third-order valence-electron chi connectivity index (χ3n) is 3.44. The summed E-state index contributed by atoms with van der Waals surface area (Å²) >= 11 is 11.9. The van der Waals surface area contributed by atoms with Gasteiger partial charge in [-0.05, 0) is 42.7 Å². The van der Waals surface area contributed by atoms with E-state index in [0.717, 1.165) is 18.4 Å². The van der Waals surface area contributed by atoms with Gasteiger partial charge in [0.05, 0.1) is 0 Å². The molecule has 128 valence electrons. The molecule has 1 aromatic heterocycles. The maximum atomic E-state index is 12.2. The number of hydrogen-bond acceptors (Lipinski definition) is 3. The molecule has 1 N–H and O–H groups in total. The Kier molecular flexibility index (Phi) is 6.82. The zero-order valence-corrected chi connectivity index (χ0v) is 14.9. The molecule has 0 aliphatic carbocycles. The molecule has 1 amide bonds. The van der Waals surface area contributed by atoms with Crippen LogP contribution in [0.25, 0.3) is 0 Å². The van der Waals surface area contributed by atoms with E-state index in [0.29, 0.717) is 29.6 Å². The van der Waals surface area contributed by atoms with Crippen molar-refractivity contribution in [2.75, 3.05) is 6.54 Å². The van der Waals surface area contributed by atoms with Crippen LogP contribution in [0.2, 0.25) is 10.0 Å². The van der Waals surface area contributed by atoms with E-state index in [9.17, 15) is 9.59 Å². The van der Waals surface area contributed by atoms with Gasteiger partial charge in [-0.25, -0.2) is 4.68 Å². The number of halogens is 2. The number of amides is 1. The second kappa shape index (κ2) is 8.85. The predicted octanol–water partition coefficient (Wildman–Crippen LogP) is 3.32. The summed E-state index contributed by atoms with van der Waals surface area (Å²) in [7, 11) is 0. The van der Waals surface area contributed by atoms with E-state index in [1.165, 1.54) is 16.8 Å². The molecule has 0 atom stereocenters. The monoisotopic (exact) mass is 367 g/mol. The number of unbranched alkanes of at least 4 members (excludes halogenated alkanes) is 1. The minimum atomic E-state index is -0.312. The zero-order chi connectivity index (χ0) is 17.5. The average molecular weight is 368 g/mol. The van der Waals surface area contributed by atoms with Crippen LogP contribution in [0, 0.1) is 0 Å². The average Bonchev–Trinajstić information content (AvgIpc) is 2.53. The summed E-state index contributed by atoms with van der Waals surface area (Å²) in [6.07, 6.45) is 2.39. The molecule has 0 radical (unpaired) electrons. The number of aromatic nitrogens is 2. The standard InChI is InChI=1S/C17H19Cl2N3O2/c1-2-3-8-22-16(23)5-4-15(21-22)17(24)20-7-6-12-9-13(18)11-14(19)10-12/h4-5,9-11H,2-3,6-8H2,1H3,(H,20,24). The molecule has 0 saturated carbocycles. The van der Waals surface area contributed by atoms with E-state index in [1.54, 1.807) is 6.07 Å². The zero-order valence-electron chi connectivity index (χ0n) is 13.4. The van der Waals surface area contributed by atoms with Crippen molar-refractivity contribution in [3.8, 4) is 0 Å². The lowest BCUT2D eigenvalue weighted by atomic mass is 10.1. The molecular weight excluding hydrogens is 349 g/mol. The number of nitrogens with one attached hydrogen (secondary N) is 1. The maximum absolute atomic E-state index is 12.2. The van der Waals surface area contributed by atoms with Crippen LogP contribution in [0.3, 0.4) is 0 Å². The topological polar surface area (TPSA) is 64.0 Å². The molecule has 0 aliphatic heterocycles. The Bertz CT molecular complexity index is 754. The third kappa shape index (κ3) is 5.35. The predicted molar refractivity (Wildman–Crippen MR) is 95.9 cm³/mol. The number of hydrogen-bond donors (Lipinski definition) is 1. The smallest absolute Gasteiger partial charge is 0.271 e. The van der Waals surface area contributed by atoms with Gasteiger partial charge < -0.3 is 5.32 Å². The van der Waals surface area contributed by atoms with Gasteiger partial charge in [0.1, 0.15) is 5.69 Å². The summed E-state index contributed by atoms with van der Waals surface area (Å²) in [6.45, 7) is 2.96. The maximum Gasteiger partial charge on any atom is 0.271 e. The lowest BCUT2D eigenvalue weighted by Crippen LogP contribution is -2.30. The van der Waals surface area contributed by atoms with Gasteiger partial charge in [-0.1, -0.05) is 36.5 Å². The Morgan fingerprint density at radius 2 is 1.92 bits per heavy atom. The molecule has 5 nitrogen and oxygen atoms in total. The van der Waals surface area contributed by atoms with Crippen LogP contribution in [0.1, 0.15) is 35.8 Å². The third-order valence-corrected chi connectivity index (χ3v) is 3.88. The quantitative estimate of drug-likeness (QED) is 0.816. The molecule has 0 bridgehead atoms. The fourth-order valence-corrected chi connectivity index (χ4v) is 2.78. The van der Waals surface area contributed by atoms with E-state index >= 15 is 0 Å². The number of aryl methyl sites for hydroxylation is 1. The van der Waals surface area contributed by atoms with Crippen molar-refractivity contribution < 1.29 is 4.79 Å². The van der Waals surface area contributed by atoms with Gasteiger partial charge in [0.2, 0.25) is 0 Å². The van der Waals surface area contributed by atoms with Crippen molar-refractivity contribution in [1.29, 1.82) is 0 Å². The van der Waals surface area contributed by atoms with Gasteiger partial charge in [-0.15, -0.1) is 0 Å². The SMILES string of the molecule is CCCCn1nc(C(=O)NCCc2cc(Cl)cc(Cl)c2)ccc1=O. The summed E-state index contributed by atoms with van der Waals surface area (Å²) < 4.78 is 1.33. The molecular formula is C17H19Cl2N3O2. The highest BCUT2D eigenvalue weighted by Gasteiger charge is 2.09. The Hall–Kier alpha value is -1.85. The van der Waals surface area contributed by atoms with Crippen LogP contribution in [-0.2, 0) is 13.0 Å². The van der Waals surface area contributed by atoms with Crippen molar-refractivity contribution in [2.45, 2.75) is 32.7 Å². The van der Waals surface area contributed by atoms with Gasteiger partial charge >= 0.3 is 0 Å². The molecule has 2 rings (SSSR count). The minimum absolute atomic E-state index is 0.200. The molecule has 0 aliphatic rings. The lowest BCUT2D eigenvalue weighted by Gasteiger charge is -2.08. The molecule has 7 heteroatoms. The summed E-state index contributed by atoms with van der Waals surface area (Å²) in [6, 6.07) is 8.09. The van der Waals surface area contributed by atoms with Gasteiger partial charge in [0.25, 0.3) is 11.5 Å². The van der Waals surface area contributed by atoms with Gasteiger partial charge in [-0.2, -0.15) is 5.10 Å². The van der Waals surface area contributed by atoms with Crippen LogP contribution >= 0.6 is 23.2 Å². The second-order valence-electron chi connectivity index (χ2n) is 5.42. The van der Waals surface area contributed by atoms with E-state index in [4.69, 9.17) is 23.2 Å². The highest BCUT2D eigenvalue weighted by Crippen LogP contribution is 2.19. The van der Waals surface area contributed by atoms with Crippen LogP contribution in [0.4, 0.5) is 0 Å². The van der Waals surface area contributed by atoms with E-state index < -0.39 is 0 Å². The number of benzene rings is 1. The van der Waals surface area contributed by atoms with Crippen molar-refractivity contribution >= 4 is 29.1 Å². The van der Waals surface area contributed by atoms with Gasteiger partial charge in [0.15, 0.2) is 0 Å². The summed E-state index contributed by atoms with van der Waals surface area (Å²) in [4.78, 5) is 23.9. The van der Waals surface area contributed by atoms with E-state index in [-0.39, 0.29) is 17.2 Å². The number of nitrogens with zero attached hydrogens (tertiary/aromatic N) is 2. The fourth-order valence-electron chi connectivity index (χ4n) is 2.20. The molecule has 0 spiro atoms. The Balaban J connectivity index is 1.96. The van der Waals surface area contributed by atoms with Crippen molar-refractivity contribution in [3.63, 3.8) is 0 Å². The highest BCUT2D eigenvalue weighted by molar-refractivity contribution is 6.34. The first-order chi connectivity index (χ1) is 11.5. The van der Waals surface area contributed by atoms with E-state index in [1.807, 2.05) is 19.1 Å². The molecule has 1 heterocycles. The van der Waals surface area contributed by atoms with Crippen molar-refractivity contribution in [3.05, 3.63) is 62.0 Å². The Morgan fingerprint density at radius 3 is 2.58 bits per heavy atom. The molecule has 2 aromatic rings. The summed E-state index contributed by atoms with van der Waals surface area (Å²) in [5.41, 5.74) is 0.970. The molecule has 24 heavy (non-hydrogen) atoms. The molecule has 0 unspecified atom stereocenters. The van der Waals surface area contributed by atoms with Crippen molar-refractivity contribution in [1.82, 2.24) is 15.1 Å². The van der Waals surface area contributed by atoms with Gasteiger partial charge in [-0.3, -0.25) is 9.59 Å². The molecule has 0 fully saturated rings. The van der Waals surface area contributed by atoms with Crippen LogP contribution in [-0.4, -0.2) is 22.2 Å². The van der Waals surface area contributed by atoms with Gasteiger partial charge in [0, 0.05) is 29.2 Å². The van der Waals surface area contributed by atoms with Crippen molar-refractivity contribution in [2.24, 2.45) is 0 Å². The first kappa shape index (κ1) is 18.5. The van der Waals surface area contributed by atoms with E-state index in [2.05, 4.69) is 10.4 Å². The number of carbonyl (C=O) groups is 1. The summed E-state index contributed by atoms with van der Waals surface area (Å²) in [5.74, 6) is -0.312. The first-order valence-electron chi connectivity index (χ1n) is 7.81. The van der Waals surface area contributed by atoms with Crippen LogP contribution in [0.5, 0.6) is 0 Å². The minimum Gasteiger partial charge on any atom is -0.350 e. The fraction of sp³-hybridized carbons (Fsp3) is 0.353. The largest absolute Gasteiger partial charge is 0.350 e. The number of rotatable bonds is 7. The molecule has 1 aromatic carbocycles. The Morgan fingerprint density at radius 1 is 1.21 bits per heavy atom. The molecule has 0 saturated heterocycles. The Labute approximate surface area is 150 Å².